The minimum atomic E-state index is -0.0112. The van der Waals surface area contributed by atoms with Crippen LogP contribution in [0.5, 0.6) is 5.75 Å². The SMILES string of the molecule is COc1ccc(N2CCCN(C(=O)c3cc(Br)ccc3Cl)CC2)cc1. The summed E-state index contributed by atoms with van der Waals surface area (Å²) in [6.45, 7) is 3.12. The number of benzene rings is 2. The zero-order valence-electron chi connectivity index (χ0n) is 14.0. The molecule has 0 N–H and O–H groups in total. The van der Waals surface area contributed by atoms with Crippen LogP contribution in [0.25, 0.3) is 0 Å². The van der Waals surface area contributed by atoms with Gasteiger partial charge in [0.25, 0.3) is 5.91 Å². The van der Waals surface area contributed by atoms with E-state index in [-0.39, 0.29) is 5.91 Å². The fourth-order valence-corrected chi connectivity index (χ4v) is 3.56. The second-order valence-electron chi connectivity index (χ2n) is 5.95. The highest BCUT2D eigenvalue weighted by Crippen LogP contribution is 2.24. The molecular formula is C19H20BrClN2O2. The van der Waals surface area contributed by atoms with Crippen molar-refractivity contribution in [3.8, 4) is 5.75 Å². The van der Waals surface area contributed by atoms with E-state index in [1.165, 1.54) is 0 Å². The highest BCUT2D eigenvalue weighted by atomic mass is 79.9. The summed E-state index contributed by atoms with van der Waals surface area (Å²) < 4.78 is 6.07. The summed E-state index contributed by atoms with van der Waals surface area (Å²) in [4.78, 5) is 17.0. The van der Waals surface area contributed by atoms with Gasteiger partial charge >= 0.3 is 0 Å². The summed E-state index contributed by atoms with van der Waals surface area (Å²) in [6, 6.07) is 13.4. The molecular weight excluding hydrogens is 404 g/mol. The van der Waals surface area contributed by atoms with Gasteiger partial charge in [-0.05, 0) is 48.9 Å². The first-order valence-electron chi connectivity index (χ1n) is 8.22. The molecule has 2 aromatic rings. The zero-order chi connectivity index (χ0) is 17.8. The van der Waals surface area contributed by atoms with Crippen molar-refractivity contribution in [2.75, 3.05) is 38.2 Å². The van der Waals surface area contributed by atoms with E-state index in [9.17, 15) is 4.79 Å². The van der Waals surface area contributed by atoms with Gasteiger partial charge in [-0.2, -0.15) is 0 Å². The lowest BCUT2D eigenvalue weighted by atomic mass is 10.2. The molecule has 0 unspecified atom stereocenters. The zero-order valence-corrected chi connectivity index (χ0v) is 16.4. The van der Waals surface area contributed by atoms with E-state index in [0.717, 1.165) is 42.0 Å². The largest absolute Gasteiger partial charge is 0.497 e. The Labute approximate surface area is 161 Å². The lowest BCUT2D eigenvalue weighted by Gasteiger charge is -2.24. The minimum Gasteiger partial charge on any atom is -0.497 e. The van der Waals surface area contributed by atoms with Gasteiger partial charge in [0.2, 0.25) is 0 Å². The summed E-state index contributed by atoms with van der Waals surface area (Å²) in [6.07, 6.45) is 0.920. The van der Waals surface area contributed by atoms with Crippen LogP contribution in [-0.2, 0) is 0 Å². The fourth-order valence-electron chi connectivity index (χ4n) is 3.00. The summed E-state index contributed by atoms with van der Waals surface area (Å²) in [5.74, 6) is 0.836. The molecule has 4 nitrogen and oxygen atoms in total. The highest BCUT2D eigenvalue weighted by Gasteiger charge is 2.22. The molecule has 6 heteroatoms. The average molecular weight is 424 g/mol. The molecule has 0 aromatic heterocycles. The molecule has 2 aromatic carbocycles. The lowest BCUT2D eigenvalue weighted by molar-refractivity contribution is 0.0767. The van der Waals surface area contributed by atoms with Crippen molar-refractivity contribution in [2.45, 2.75) is 6.42 Å². The van der Waals surface area contributed by atoms with E-state index in [2.05, 4.69) is 33.0 Å². The van der Waals surface area contributed by atoms with Crippen LogP contribution in [0.1, 0.15) is 16.8 Å². The molecule has 3 rings (SSSR count). The summed E-state index contributed by atoms with van der Waals surface area (Å²) >= 11 is 9.62. The lowest BCUT2D eigenvalue weighted by Crippen LogP contribution is -2.35. The number of methoxy groups -OCH3 is 1. The van der Waals surface area contributed by atoms with Crippen LogP contribution in [0.4, 0.5) is 5.69 Å². The van der Waals surface area contributed by atoms with Gasteiger partial charge < -0.3 is 14.5 Å². The smallest absolute Gasteiger partial charge is 0.255 e. The second kappa shape index (κ2) is 8.11. The summed E-state index contributed by atoms with van der Waals surface area (Å²) in [5, 5.41) is 0.490. The Kier molecular flexibility index (Phi) is 5.86. The predicted molar refractivity (Wildman–Crippen MR) is 105 cm³/mol. The van der Waals surface area contributed by atoms with Crippen molar-refractivity contribution in [2.24, 2.45) is 0 Å². The molecule has 1 heterocycles. The van der Waals surface area contributed by atoms with Crippen LogP contribution in [0, 0.1) is 0 Å². The van der Waals surface area contributed by atoms with Gasteiger partial charge in [-0.25, -0.2) is 0 Å². The molecule has 0 saturated carbocycles. The van der Waals surface area contributed by atoms with Gasteiger partial charge in [-0.15, -0.1) is 0 Å². The molecule has 0 aliphatic carbocycles. The van der Waals surface area contributed by atoms with Gasteiger partial charge in [0.15, 0.2) is 0 Å². The molecule has 0 radical (unpaired) electrons. The number of anilines is 1. The van der Waals surface area contributed by atoms with Crippen LogP contribution >= 0.6 is 27.5 Å². The standard InChI is InChI=1S/C19H20BrClN2O2/c1-25-16-6-4-15(5-7-16)22-9-2-10-23(12-11-22)19(24)17-13-14(20)3-8-18(17)21/h3-8,13H,2,9-12H2,1H3. The fraction of sp³-hybridized carbons (Fsp3) is 0.316. The summed E-state index contributed by atoms with van der Waals surface area (Å²) in [7, 11) is 1.66. The van der Waals surface area contributed by atoms with E-state index >= 15 is 0 Å². The van der Waals surface area contributed by atoms with Crippen molar-refractivity contribution < 1.29 is 9.53 Å². The van der Waals surface area contributed by atoms with E-state index in [1.807, 2.05) is 23.1 Å². The number of halogens is 2. The Balaban J connectivity index is 1.70. The molecule has 0 bridgehead atoms. The number of carbonyl (C=O) groups is 1. The third kappa shape index (κ3) is 4.28. The average Bonchev–Trinajstić information content (AvgIpc) is 2.89. The van der Waals surface area contributed by atoms with Crippen LogP contribution in [0.2, 0.25) is 5.02 Å². The molecule has 1 aliphatic heterocycles. The van der Waals surface area contributed by atoms with Gasteiger partial charge in [0, 0.05) is 36.3 Å². The van der Waals surface area contributed by atoms with Crippen molar-refractivity contribution in [1.29, 1.82) is 0 Å². The Bertz CT molecular complexity index is 752. The molecule has 1 aliphatic rings. The number of hydrogen-bond acceptors (Lipinski definition) is 3. The van der Waals surface area contributed by atoms with E-state index in [0.29, 0.717) is 17.1 Å². The van der Waals surface area contributed by atoms with Crippen LogP contribution < -0.4 is 9.64 Å². The van der Waals surface area contributed by atoms with Gasteiger partial charge in [0.1, 0.15) is 5.75 Å². The third-order valence-electron chi connectivity index (χ3n) is 4.38. The number of carbonyl (C=O) groups excluding carboxylic acids is 1. The van der Waals surface area contributed by atoms with Gasteiger partial charge in [-0.3, -0.25) is 4.79 Å². The first kappa shape index (κ1) is 18.1. The number of nitrogens with zero attached hydrogens (tertiary/aromatic N) is 2. The topological polar surface area (TPSA) is 32.8 Å². The Morgan fingerprint density at radius 2 is 1.84 bits per heavy atom. The molecule has 1 amide bonds. The number of hydrogen-bond donors (Lipinski definition) is 0. The molecule has 0 atom stereocenters. The molecule has 1 saturated heterocycles. The Morgan fingerprint density at radius 1 is 1.08 bits per heavy atom. The normalized spacial score (nSPS) is 15.0. The quantitative estimate of drug-likeness (QED) is 0.730. The molecule has 132 valence electrons. The van der Waals surface area contributed by atoms with Gasteiger partial charge in [-0.1, -0.05) is 27.5 Å². The Hall–Kier alpha value is -1.72. The third-order valence-corrected chi connectivity index (χ3v) is 5.20. The first-order chi connectivity index (χ1) is 12.1. The second-order valence-corrected chi connectivity index (χ2v) is 7.28. The monoisotopic (exact) mass is 422 g/mol. The maximum absolute atomic E-state index is 12.8. The van der Waals surface area contributed by atoms with Crippen LogP contribution in [0.3, 0.4) is 0 Å². The first-order valence-corrected chi connectivity index (χ1v) is 9.39. The maximum Gasteiger partial charge on any atom is 0.255 e. The van der Waals surface area contributed by atoms with Crippen LogP contribution in [0.15, 0.2) is 46.9 Å². The number of ether oxygens (including phenoxy) is 1. The van der Waals surface area contributed by atoms with Crippen molar-refractivity contribution in [1.82, 2.24) is 4.90 Å². The maximum atomic E-state index is 12.8. The van der Waals surface area contributed by atoms with E-state index in [4.69, 9.17) is 16.3 Å². The van der Waals surface area contributed by atoms with E-state index in [1.54, 1.807) is 19.2 Å². The molecule has 1 fully saturated rings. The Morgan fingerprint density at radius 3 is 2.56 bits per heavy atom. The van der Waals surface area contributed by atoms with E-state index < -0.39 is 0 Å². The number of amides is 1. The number of rotatable bonds is 3. The van der Waals surface area contributed by atoms with Crippen LogP contribution in [-0.4, -0.2) is 44.1 Å². The molecule has 0 spiro atoms. The summed E-state index contributed by atoms with van der Waals surface area (Å²) in [5.41, 5.74) is 1.70. The molecule has 25 heavy (non-hydrogen) atoms. The van der Waals surface area contributed by atoms with Crippen molar-refractivity contribution >= 4 is 39.1 Å². The van der Waals surface area contributed by atoms with Crippen molar-refractivity contribution in [3.05, 3.63) is 57.5 Å². The van der Waals surface area contributed by atoms with Gasteiger partial charge in [0.05, 0.1) is 17.7 Å². The van der Waals surface area contributed by atoms with Crippen molar-refractivity contribution in [3.63, 3.8) is 0 Å². The minimum absolute atomic E-state index is 0.0112. The predicted octanol–water partition coefficient (Wildman–Crippen LogP) is 4.46. The highest BCUT2D eigenvalue weighted by molar-refractivity contribution is 9.10.